The first-order valence-corrected chi connectivity index (χ1v) is 9.72. The fourth-order valence-corrected chi connectivity index (χ4v) is 3.67. The van der Waals surface area contributed by atoms with Crippen molar-refractivity contribution in [2.24, 2.45) is 0 Å². The lowest BCUT2D eigenvalue weighted by molar-refractivity contribution is -0.113. The van der Waals surface area contributed by atoms with Crippen LogP contribution in [0.4, 0.5) is 8.78 Å². The highest BCUT2D eigenvalue weighted by molar-refractivity contribution is 6.33. The van der Waals surface area contributed by atoms with Crippen LogP contribution in [0.15, 0.2) is 47.5 Å². The fourth-order valence-electron chi connectivity index (χ4n) is 3.23. The monoisotopic (exact) mass is 421 g/mol. The van der Waals surface area contributed by atoms with Gasteiger partial charge in [-0.15, -0.1) is 0 Å². The fraction of sp³-hybridized carbons (Fsp3) is 0.227. The molecule has 146 valence electrons. The molecule has 0 N–H and O–H groups in total. The summed E-state index contributed by atoms with van der Waals surface area (Å²) in [7, 11) is 0. The maximum Gasteiger partial charge on any atom is 0.187 e. The first-order valence-electron chi connectivity index (χ1n) is 8.97. The number of carbonyl (C=O) groups excluding carboxylic acids is 1. The molecule has 6 heteroatoms. The van der Waals surface area contributed by atoms with Crippen LogP contribution in [0, 0.1) is 11.6 Å². The van der Waals surface area contributed by atoms with Gasteiger partial charge in [-0.3, -0.25) is 9.69 Å². The molecule has 0 aliphatic carbocycles. The Morgan fingerprint density at radius 3 is 1.79 bits per heavy atom. The summed E-state index contributed by atoms with van der Waals surface area (Å²) in [5, 5.41) is 0.464. The molecular formula is C22H19Cl2F2NO. The second-order valence-corrected chi connectivity index (χ2v) is 7.46. The lowest BCUT2D eigenvalue weighted by atomic mass is 9.94. The highest BCUT2D eigenvalue weighted by Gasteiger charge is 2.26. The van der Waals surface area contributed by atoms with Crippen molar-refractivity contribution < 1.29 is 13.6 Å². The van der Waals surface area contributed by atoms with Crippen LogP contribution in [0.25, 0.3) is 12.2 Å². The summed E-state index contributed by atoms with van der Waals surface area (Å²) in [6, 6.07) is 8.76. The molecule has 2 aromatic carbocycles. The molecule has 0 unspecified atom stereocenters. The number of Topliss-reactive ketones (excluding diaryl/α,β-unsaturated/α-hetero) is 1. The van der Waals surface area contributed by atoms with Gasteiger partial charge in [0.05, 0.1) is 10.0 Å². The molecule has 1 saturated heterocycles. The molecule has 0 amide bonds. The van der Waals surface area contributed by atoms with Gasteiger partial charge in [0.1, 0.15) is 11.6 Å². The quantitative estimate of drug-likeness (QED) is 0.561. The molecule has 2 nitrogen and oxygen atoms in total. The normalized spacial score (nSPS) is 18.2. The zero-order valence-corrected chi connectivity index (χ0v) is 16.8. The first kappa shape index (κ1) is 20.7. The number of likely N-dealkylation sites (tertiary alicyclic amines) is 1. The number of nitrogens with zero attached hydrogens (tertiary/aromatic N) is 1. The molecule has 28 heavy (non-hydrogen) atoms. The van der Waals surface area contributed by atoms with Crippen LogP contribution in [-0.4, -0.2) is 30.3 Å². The van der Waals surface area contributed by atoms with Gasteiger partial charge in [0.15, 0.2) is 5.78 Å². The third kappa shape index (κ3) is 4.52. The molecule has 1 aliphatic heterocycles. The third-order valence-electron chi connectivity index (χ3n) is 4.55. The van der Waals surface area contributed by atoms with E-state index in [0.29, 0.717) is 24.2 Å². The lowest BCUT2D eigenvalue weighted by Gasteiger charge is -2.29. The van der Waals surface area contributed by atoms with Gasteiger partial charge in [-0.05, 0) is 49.4 Å². The van der Waals surface area contributed by atoms with E-state index in [9.17, 15) is 13.6 Å². The minimum absolute atomic E-state index is 0.175. The van der Waals surface area contributed by atoms with Crippen molar-refractivity contribution >= 4 is 41.1 Å². The number of halogens is 4. The number of rotatable bonds is 4. The molecule has 2 aromatic rings. The van der Waals surface area contributed by atoms with Gasteiger partial charge in [0.2, 0.25) is 0 Å². The first-order chi connectivity index (χ1) is 13.4. The van der Waals surface area contributed by atoms with Crippen LogP contribution >= 0.6 is 23.2 Å². The predicted molar refractivity (Wildman–Crippen MR) is 111 cm³/mol. The van der Waals surface area contributed by atoms with Crippen molar-refractivity contribution in [3.05, 3.63) is 80.4 Å². The van der Waals surface area contributed by atoms with E-state index in [2.05, 4.69) is 4.90 Å². The van der Waals surface area contributed by atoms with E-state index in [4.69, 9.17) is 23.2 Å². The average Bonchev–Trinajstić information content (AvgIpc) is 2.65. The number of hydrogen-bond acceptors (Lipinski definition) is 2. The molecule has 0 radical (unpaired) electrons. The largest absolute Gasteiger partial charge is 0.295 e. The maximum absolute atomic E-state index is 14.2. The van der Waals surface area contributed by atoms with Crippen LogP contribution in [0.2, 0.25) is 10.0 Å². The molecule has 1 heterocycles. The van der Waals surface area contributed by atoms with Crippen LogP contribution in [-0.2, 0) is 4.79 Å². The standard InChI is InChI=1S/C22H19Cl2F2NO/c1-2-9-27-12-14(10-16-18(23)5-3-7-20(16)25)22(28)15(13-27)11-17-19(24)6-4-8-21(17)26/h3-8,10-11H,2,9,12-13H2,1H3/b14-10+,15-11+. The molecular weight excluding hydrogens is 403 g/mol. The van der Waals surface area contributed by atoms with Crippen molar-refractivity contribution in [1.82, 2.24) is 4.90 Å². The molecule has 0 aromatic heterocycles. The Bertz CT molecular complexity index is 855. The Morgan fingerprint density at radius 1 is 0.929 bits per heavy atom. The van der Waals surface area contributed by atoms with Crippen LogP contribution in [0.3, 0.4) is 0 Å². The van der Waals surface area contributed by atoms with E-state index >= 15 is 0 Å². The number of piperidine rings is 1. The summed E-state index contributed by atoms with van der Waals surface area (Å²) in [6.45, 7) is 3.53. The van der Waals surface area contributed by atoms with Crippen LogP contribution < -0.4 is 0 Å². The maximum atomic E-state index is 14.2. The summed E-state index contributed by atoms with van der Waals surface area (Å²) in [5.41, 5.74) is 1.17. The SMILES string of the molecule is CCCN1C/C(=C\c2c(F)cccc2Cl)C(=O)/C(=C/c2c(F)cccc2Cl)C1. The summed E-state index contributed by atoms with van der Waals surface area (Å²) in [5.74, 6) is -1.25. The number of carbonyl (C=O) groups is 1. The Labute approximate surface area is 173 Å². The van der Waals surface area contributed by atoms with Crippen molar-refractivity contribution in [3.63, 3.8) is 0 Å². The molecule has 3 rings (SSSR count). The van der Waals surface area contributed by atoms with Crippen molar-refractivity contribution in [2.45, 2.75) is 13.3 Å². The van der Waals surface area contributed by atoms with E-state index in [-0.39, 0.29) is 27.0 Å². The number of benzene rings is 2. The molecule has 0 spiro atoms. The Morgan fingerprint density at radius 2 is 1.39 bits per heavy atom. The summed E-state index contributed by atoms with van der Waals surface area (Å²) >= 11 is 12.2. The topological polar surface area (TPSA) is 20.3 Å². The molecule has 1 fully saturated rings. The smallest absolute Gasteiger partial charge is 0.187 e. The Hall–Kier alpha value is -2.01. The van der Waals surface area contributed by atoms with Crippen LogP contribution in [0.1, 0.15) is 24.5 Å². The summed E-state index contributed by atoms with van der Waals surface area (Å²) < 4.78 is 28.4. The molecule has 0 bridgehead atoms. The zero-order chi connectivity index (χ0) is 20.3. The third-order valence-corrected chi connectivity index (χ3v) is 5.21. The van der Waals surface area contributed by atoms with Crippen molar-refractivity contribution in [2.75, 3.05) is 19.6 Å². The highest BCUT2D eigenvalue weighted by Crippen LogP contribution is 2.28. The second-order valence-electron chi connectivity index (χ2n) is 6.65. The Kier molecular flexibility index (Phi) is 6.65. The molecule has 0 saturated carbocycles. The second kappa shape index (κ2) is 8.99. The summed E-state index contributed by atoms with van der Waals surface area (Å²) in [4.78, 5) is 15.1. The minimum atomic E-state index is -0.497. The van der Waals surface area contributed by atoms with E-state index in [0.717, 1.165) is 13.0 Å². The number of ketones is 1. The van der Waals surface area contributed by atoms with Gasteiger partial charge >= 0.3 is 0 Å². The molecule has 0 atom stereocenters. The van der Waals surface area contributed by atoms with Crippen molar-refractivity contribution in [1.29, 1.82) is 0 Å². The highest BCUT2D eigenvalue weighted by atomic mass is 35.5. The van der Waals surface area contributed by atoms with Gasteiger partial charge in [-0.2, -0.15) is 0 Å². The van der Waals surface area contributed by atoms with Gasteiger partial charge in [0, 0.05) is 35.4 Å². The van der Waals surface area contributed by atoms with Gasteiger partial charge in [-0.1, -0.05) is 42.3 Å². The van der Waals surface area contributed by atoms with E-state index in [1.54, 1.807) is 12.1 Å². The van der Waals surface area contributed by atoms with Gasteiger partial charge in [-0.25, -0.2) is 8.78 Å². The average molecular weight is 422 g/mol. The summed E-state index contributed by atoms with van der Waals surface area (Å²) in [6.07, 6.45) is 3.85. The van der Waals surface area contributed by atoms with E-state index in [1.807, 2.05) is 6.92 Å². The Balaban J connectivity index is 2.06. The lowest BCUT2D eigenvalue weighted by Crippen LogP contribution is -2.38. The van der Waals surface area contributed by atoms with Gasteiger partial charge in [0.25, 0.3) is 0 Å². The molecule has 1 aliphatic rings. The zero-order valence-electron chi connectivity index (χ0n) is 15.3. The van der Waals surface area contributed by atoms with E-state index in [1.165, 1.54) is 36.4 Å². The minimum Gasteiger partial charge on any atom is -0.295 e. The number of hydrogen-bond donors (Lipinski definition) is 0. The van der Waals surface area contributed by atoms with Gasteiger partial charge < -0.3 is 0 Å². The van der Waals surface area contributed by atoms with Crippen molar-refractivity contribution in [3.8, 4) is 0 Å². The predicted octanol–water partition coefficient (Wildman–Crippen LogP) is 6.03. The van der Waals surface area contributed by atoms with E-state index < -0.39 is 11.6 Å². The van der Waals surface area contributed by atoms with Crippen LogP contribution in [0.5, 0.6) is 0 Å².